The van der Waals surface area contributed by atoms with Crippen LogP contribution >= 0.6 is 0 Å². The lowest BCUT2D eigenvalue weighted by Crippen LogP contribution is -2.29. The quantitative estimate of drug-likeness (QED) is 0.729. The van der Waals surface area contributed by atoms with Gasteiger partial charge in [0, 0.05) is 32.0 Å². The summed E-state index contributed by atoms with van der Waals surface area (Å²) in [5.74, 6) is 0. The van der Waals surface area contributed by atoms with Crippen molar-refractivity contribution in [3.05, 3.63) is 54.6 Å². The van der Waals surface area contributed by atoms with Crippen LogP contribution < -0.4 is 11.1 Å². The highest BCUT2D eigenvalue weighted by molar-refractivity contribution is 5.65. The number of methoxy groups -OCH3 is 1. The molecule has 3 N–H and O–H groups in total. The third-order valence-electron chi connectivity index (χ3n) is 3.48. The van der Waals surface area contributed by atoms with Gasteiger partial charge < -0.3 is 15.8 Å². The Morgan fingerprint density at radius 1 is 1.00 bits per heavy atom. The Morgan fingerprint density at radius 3 is 2.33 bits per heavy atom. The maximum Gasteiger partial charge on any atom is 0.0462 e. The fourth-order valence-corrected chi connectivity index (χ4v) is 2.25. The summed E-state index contributed by atoms with van der Waals surface area (Å²) in [7, 11) is 1.72. The van der Waals surface area contributed by atoms with Crippen LogP contribution in [-0.4, -0.2) is 26.3 Å². The molecule has 2 aromatic carbocycles. The van der Waals surface area contributed by atoms with Gasteiger partial charge >= 0.3 is 0 Å². The minimum Gasteiger partial charge on any atom is -0.385 e. The number of nitrogens with one attached hydrogen (secondary N) is 1. The van der Waals surface area contributed by atoms with E-state index in [2.05, 4.69) is 53.8 Å². The van der Waals surface area contributed by atoms with E-state index in [1.54, 1.807) is 7.11 Å². The van der Waals surface area contributed by atoms with E-state index in [-0.39, 0.29) is 6.04 Å². The van der Waals surface area contributed by atoms with Crippen LogP contribution in [0.1, 0.15) is 12.8 Å². The minimum atomic E-state index is 0.161. The van der Waals surface area contributed by atoms with E-state index in [0.717, 1.165) is 31.7 Å². The standard InChI is InChI=1S/C18H24N2O/c1-21-13-5-8-17(19)14-20-18-11-9-16(10-12-18)15-6-3-2-4-7-15/h2-4,6-7,9-12,17,20H,5,8,13-14,19H2,1H3. The van der Waals surface area contributed by atoms with Crippen LogP contribution in [0.25, 0.3) is 11.1 Å². The Bertz CT molecular complexity index is 511. The smallest absolute Gasteiger partial charge is 0.0462 e. The first-order valence-electron chi connectivity index (χ1n) is 7.43. The monoisotopic (exact) mass is 284 g/mol. The fourth-order valence-electron chi connectivity index (χ4n) is 2.25. The summed E-state index contributed by atoms with van der Waals surface area (Å²) in [6.07, 6.45) is 1.98. The van der Waals surface area contributed by atoms with E-state index in [9.17, 15) is 0 Å². The molecule has 0 aliphatic carbocycles. The number of benzene rings is 2. The molecule has 2 rings (SSSR count). The summed E-state index contributed by atoms with van der Waals surface area (Å²) in [6.45, 7) is 1.56. The zero-order valence-corrected chi connectivity index (χ0v) is 12.6. The second-order valence-corrected chi connectivity index (χ2v) is 5.22. The Morgan fingerprint density at radius 2 is 1.67 bits per heavy atom. The molecule has 0 saturated heterocycles. The number of nitrogens with two attached hydrogens (primary N) is 1. The Hall–Kier alpha value is -1.84. The van der Waals surface area contributed by atoms with Gasteiger partial charge in [-0.1, -0.05) is 42.5 Å². The highest BCUT2D eigenvalue weighted by Crippen LogP contribution is 2.20. The average Bonchev–Trinajstić information content (AvgIpc) is 2.54. The van der Waals surface area contributed by atoms with Gasteiger partial charge in [0.1, 0.15) is 0 Å². The summed E-state index contributed by atoms with van der Waals surface area (Å²) < 4.78 is 5.03. The van der Waals surface area contributed by atoms with Gasteiger partial charge in [0.05, 0.1) is 0 Å². The van der Waals surface area contributed by atoms with E-state index in [4.69, 9.17) is 10.5 Å². The van der Waals surface area contributed by atoms with Crippen LogP contribution in [0.4, 0.5) is 5.69 Å². The molecule has 0 amide bonds. The minimum absolute atomic E-state index is 0.161. The molecule has 1 atom stereocenters. The van der Waals surface area contributed by atoms with Crippen molar-refractivity contribution in [2.75, 3.05) is 25.6 Å². The normalized spacial score (nSPS) is 12.1. The molecule has 0 aliphatic heterocycles. The van der Waals surface area contributed by atoms with Crippen molar-refractivity contribution in [3.63, 3.8) is 0 Å². The summed E-state index contributed by atoms with van der Waals surface area (Å²) >= 11 is 0. The third kappa shape index (κ3) is 5.21. The molecule has 1 unspecified atom stereocenters. The first-order chi connectivity index (χ1) is 10.3. The van der Waals surface area contributed by atoms with Crippen molar-refractivity contribution < 1.29 is 4.74 Å². The lowest BCUT2D eigenvalue weighted by molar-refractivity contribution is 0.191. The van der Waals surface area contributed by atoms with E-state index in [1.165, 1.54) is 11.1 Å². The average molecular weight is 284 g/mol. The molecule has 0 radical (unpaired) electrons. The predicted octanol–water partition coefficient (Wildman–Crippen LogP) is 3.52. The molecular formula is C18H24N2O. The second kappa shape index (κ2) is 8.45. The molecule has 21 heavy (non-hydrogen) atoms. The molecule has 0 heterocycles. The summed E-state index contributed by atoms with van der Waals surface area (Å²) in [4.78, 5) is 0. The number of rotatable bonds is 8. The van der Waals surface area contributed by atoms with Gasteiger partial charge in [-0.25, -0.2) is 0 Å². The number of hydrogen-bond acceptors (Lipinski definition) is 3. The molecule has 0 aromatic heterocycles. The van der Waals surface area contributed by atoms with Crippen LogP contribution in [0.5, 0.6) is 0 Å². The van der Waals surface area contributed by atoms with Crippen molar-refractivity contribution in [1.29, 1.82) is 0 Å². The number of anilines is 1. The van der Waals surface area contributed by atoms with Crippen molar-refractivity contribution in [2.45, 2.75) is 18.9 Å². The summed E-state index contributed by atoms with van der Waals surface area (Å²) in [5.41, 5.74) is 9.64. The van der Waals surface area contributed by atoms with Crippen molar-refractivity contribution in [3.8, 4) is 11.1 Å². The fraction of sp³-hybridized carbons (Fsp3) is 0.333. The molecule has 112 valence electrons. The molecule has 3 heteroatoms. The van der Waals surface area contributed by atoms with Gasteiger partial charge in [0.2, 0.25) is 0 Å². The maximum absolute atomic E-state index is 6.07. The zero-order chi connectivity index (χ0) is 14.9. The van der Waals surface area contributed by atoms with Crippen LogP contribution in [0.3, 0.4) is 0 Å². The van der Waals surface area contributed by atoms with E-state index in [0.29, 0.717) is 0 Å². The largest absolute Gasteiger partial charge is 0.385 e. The first kappa shape index (κ1) is 15.5. The van der Waals surface area contributed by atoms with E-state index < -0.39 is 0 Å². The third-order valence-corrected chi connectivity index (χ3v) is 3.48. The van der Waals surface area contributed by atoms with Crippen molar-refractivity contribution in [1.82, 2.24) is 0 Å². The first-order valence-corrected chi connectivity index (χ1v) is 7.43. The van der Waals surface area contributed by atoms with Gasteiger partial charge in [-0.3, -0.25) is 0 Å². The van der Waals surface area contributed by atoms with E-state index in [1.807, 2.05) is 6.07 Å². The Labute approximate surface area is 127 Å². The van der Waals surface area contributed by atoms with Crippen LogP contribution in [-0.2, 0) is 4.74 Å². The lowest BCUT2D eigenvalue weighted by atomic mass is 10.1. The Balaban J connectivity index is 1.83. The van der Waals surface area contributed by atoms with Gasteiger partial charge in [-0.2, -0.15) is 0 Å². The van der Waals surface area contributed by atoms with Gasteiger partial charge in [0.15, 0.2) is 0 Å². The topological polar surface area (TPSA) is 47.3 Å². The molecule has 2 aromatic rings. The van der Waals surface area contributed by atoms with Gasteiger partial charge in [-0.15, -0.1) is 0 Å². The molecule has 3 nitrogen and oxygen atoms in total. The van der Waals surface area contributed by atoms with Gasteiger partial charge in [-0.05, 0) is 36.1 Å². The van der Waals surface area contributed by atoms with Crippen LogP contribution in [0.15, 0.2) is 54.6 Å². The number of hydrogen-bond donors (Lipinski definition) is 2. The van der Waals surface area contributed by atoms with Crippen LogP contribution in [0.2, 0.25) is 0 Å². The summed E-state index contributed by atoms with van der Waals surface area (Å²) in [6, 6.07) is 19.0. The molecule has 0 saturated carbocycles. The highest BCUT2D eigenvalue weighted by atomic mass is 16.5. The SMILES string of the molecule is COCCCC(N)CNc1ccc(-c2ccccc2)cc1. The Kier molecular flexibility index (Phi) is 6.25. The lowest BCUT2D eigenvalue weighted by Gasteiger charge is -2.13. The molecule has 0 bridgehead atoms. The van der Waals surface area contributed by atoms with E-state index >= 15 is 0 Å². The van der Waals surface area contributed by atoms with Gasteiger partial charge in [0.25, 0.3) is 0 Å². The second-order valence-electron chi connectivity index (χ2n) is 5.22. The number of ether oxygens (including phenoxy) is 1. The molecule has 0 spiro atoms. The zero-order valence-electron chi connectivity index (χ0n) is 12.6. The van der Waals surface area contributed by atoms with Crippen molar-refractivity contribution in [2.24, 2.45) is 5.73 Å². The molecule has 0 aliphatic rings. The molecular weight excluding hydrogens is 260 g/mol. The summed E-state index contributed by atoms with van der Waals surface area (Å²) in [5, 5.41) is 3.38. The molecule has 0 fully saturated rings. The van der Waals surface area contributed by atoms with Crippen molar-refractivity contribution >= 4 is 5.69 Å². The van der Waals surface area contributed by atoms with Crippen LogP contribution in [0, 0.1) is 0 Å². The highest BCUT2D eigenvalue weighted by Gasteiger charge is 2.02. The maximum atomic E-state index is 6.07. The predicted molar refractivity (Wildman–Crippen MR) is 89.5 cm³/mol.